The van der Waals surface area contributed by atoms with Gasteiger partial charge >= 0.3 is 5.69 Å². The Balaban J connectivity index is 2.48. The molecule has 5 nitrogen and oxygen atoms in total. The van der Waals surface area contributed by atoms with Gasteiger partial charge in [-0.2, -0.15) is 10.4 Å². The zero-order chi connectivity index (χ0) is 10.7. The SMILES string of the molecule is N#CC(c1ccccc1)n1cn[nH]c1=O. The van der Waals surface area contributed by atoms with Gasteiger partial charge in [-0.1, -0.05) is 30.3 Å². The molecular formula is C10H8N4O. The van der Waals surface area contributed by atoms with Gasteiger partial charge in [0.05, 0.1) is 6.07 Å². The second kappa shape index (κ2) is 3.80. The first kappa shape index (κ1) is 9.21. The number of nitriles is 1. The molecule has 1 aromatic heterocycles. The van der Waals surface area contributed by atoms with E-state index in [2.05, 4.69) is 16.3 Å². The van der Waals surface area contributed by atoms with E-state index in [1.807, 2.05) is 18.2 Å². The van der Waals surface area contributed by atoms with E-state index in [9.17, 15) is 4.79 Å². The summed E-state index contributed by atoms with van der Waals surface area (Å²) in [4.78, 5) is 11.3. The van der Waals surface area contributed by atoms with Gasteiger partial charge in [0.25, 0.3) is 0 Å². The van der Waals surface area contributed by atoms with Crippen LogP contribution in [-0.2, 0) is 0 Å². The fourth-order valence-corrected chi connectivity index (χ4v) is 1.37. The fraction of sp³-hybridized carbons (Fsp3) is 0.100. The van der Waals surface area contributed by atoms with Crippen molar-refractivity contribution in [3.8, 4) is 6.07 Å². The van der Waals surface area contributed by atoms with E-state index in [1.54, 1.807) is 12.1 Å². The number of rotatable bonds is 2. The lowest BCUT2D eigenvalue weighted by molar-refractivity contribution is 0.683. The van der Waals surface area contributed by atoms with Crippen molar-refractivity contribution in [3.05, 3.63) is 52.7 Å². The number of hydrogen-bond donors (Lipinski definition) is 1. The molecule has 0 radical (unpaired) electrons. The monoisotopic (exact) mass is 200 g/mol. The minimum absolute atomic E-state index is 0.384. The zero-order valence-corrected chi connectivity index (χ0v) is 7.79. The maximum atomic E-state index is 11.3. The van der Waals surface area contributed by atoms with Crippen molar-refractivity contribution in [2.45, 2.75) is 6.04 Å². The quantitative estimate of drug-likeness (QED) is 0.774. The van der Waals surface area contributed by atoms with Crippen molar-refractivity contribution >= 4 is 0 Å². The van der Waals surface area contributed by atoms with Gasteiger partial charge in [0, 0.05) is 0 Å². The van der Waals surface area contributed by atoms with Gasteiger partial charge in [0.15, 0.2) is 6.04 Å². The molecule has 2 aromatic rings. The maximum Gasteiger partial charge on any atom is 0.344 e. The molecule has 0 aliphatic carbocycles. The van der Waals surface area contributed by atoms with E-state index >= 15 is 0 Å². The maximum absolute atomic E-state index is 11.3. The minimum atomic E-state index is -0.627. The van der Waals surface area contributed by atoms with Gasteiger partial charge in [-0.05, 0) is 5.56 Å². The van der Waals surface area contributed by atoms with Crippen LogP contribution < -0.4 is 5.69 Å². The third-order valence-electron chi connectivity index (χ3n) is 2.09. The van der Waals surface area contributed by atoms with Crippen LogP contribution >= 0.6 is 0 Å². The molecule has 0 spiro atoms. The Kier molecular flexibility index (Phi) is 2.33. The molecule has 1 unspecified atom stereocenters. The fourth-order valence-electron chi connectivity index (χ4n) is 1.37. The highest BCUT2D eigenvalue weighted by Crippen LogP contribution is 2.14. The molecule has 2 rings (SSSR count). The summed E-state index contributed by atoms with van der Waals surface area (Å²) >= 11 is 0. The normalized spacial score (nSPS) is 11.9. The number of nitrogens with zero attached hydrogens (tertiary/aromatic N) is 3. The lowest BCUT2D eigenvalue weighted by Crippen LogP contribution is -2.21. The smallest absolute Gasteiger partial charge is 0.261 e. The van der Waals surface area contributed by atoms with Crippen LogP contribution in [-0.4, -0.2) is 14.8 Å². The van der Waals surface area contributed by atoms with Crippen LogP contribution in [0, 0.1) is 11.3 Å². The molecular weight excluding hydrogens is 192 g/mol. The lowest BCUT2D eigenvalue weighted by atomic mass is 10.1. The van der Waals surface area contributed by atoms with Crippen molar-refractivity contribution in [3.63, 3.8) is 0 Å². The van der Waals surface area contributed by atoms with Crippen molar-refractivity contribution in [1.82, 2.24) is 14.8 Å². The molecule has 0 bridgehead atoms. The van der Waals surface area contributed by atoms with Gasteiger partial charge in [-0.3, -0.25) is 4.57 Å². The summed E-state index contributed by atoms with van der Waals surface area (Å²) in [5.41, 5.74) is 0.383. The highest BCUT2D eigenvalue weighted by Gasteiger charge is 2.14. The molecule has 0 fully saturated rings. The van der Waals surface area contributed by atoms with E-state index < -0.39 is 6.04 Å². The topological polar surface area (TPSA) is 74.5 Å². The third kappa shape index (κ3) is 1.65. The minimum Gasteiger partial charge on any atom is -0.261 e. The van der Waals surface area contributed by atoms with Gasteiger partial charge in [0.2, 0.25) is 0 Å². The van der Waals surface area contributed by atoms with Gasteiger partial charge < -0.3 is 0 Å². The first-order chi connectivity index (χ1) is 7.33. The number of aromatic nitrogens is 3. The Morgan fingerprint density at radius 3 is 2.67 bits per heavy atom. The van der Waals surface area contributed by atoms with Crippen LogP contribution in [0.25, 0.3) is 0 Å². The summed E-state index contributed by atoms with van der Waals surface area (Å²) in [5.74, 6) is 0. The zero-order valence-electron chi connectivity index (χ0n) is 7.79. The van der Waals surface area contributed by atoms with Crippen LogP contribution in [0.5, 0.6) is 0 Å². The highest BCUT2D eigenvalue weighted by atomic mass is 16.1. The van der Waals surface area contributed by atoms with E-state index in [0.717, 1.165) is 5.56 Å². The second-order valence-electron chi connectivity index (χ2n) is 3.01. The molecule has 74 valence electrons. The molecule has 0 aliphatic rings. The van der Waals surface area contributed by atoms with Crippen LogP contribution in [0.1, 0.15) is 11.6 Å². The number of hydrogen-bond acceptors (Lipinski definition) is 3. The third-order valence-corrected chi connectivity index (χ3v) is 2.09. The average Bonchev–Trinajstić information content (AvgIpc) is 2.68. The Morgan fingerprint density at radius 1 is 1.40 bits per heavy atom. The van der Waals surface area contributed by atoms with Crippen molar-refractivity contribution < 1.29 is 0 Å². The number of nitrogens with one attached hydrogen (secondary N) is 1. The van der Waals surface area contributed by atoms with Gasteiger partial charge in [0.1, 0.15) is 6.33 Å². The van der Waals surface area contributed by atoms with Gasteiger partial charge in [-0.25, -0.2) is 9.89 Å². The summed E-state index contributed by atoms with van der Waals surface area (Å²) in [5, 5.41) is 14.9. The Bertz CT molecular complexity index is 534. The summed E-state index contributed by atoms with van der Waals surface area (Å²) in [6, 6.07) is 10.5. The van der Waals surface area contributed by atoms with Crippen molar-refractivity contribution in [1.29, 1.82) is 5.26 Å². The predicted octanol–water partition coefficient (Wildman–Crippen LogP) is 0.684. The summed E-state index contributed by atoms with van der Waals surface area (Å²) < 4.78 is 1.26. The summed E-state index contributed by atoms with van der Waals surface area (Å²) in [6.07, 6.45) is 1.32. The predicted molar refractivity (Wildman–Crippen MR) is 53.0 cm³/mol. The number of benzene rings is 1. The largest absolute Gasteiger partial charge is 0.344 e. The summed E-state index contributed by atoms with van der Waals surface area (Å²) in [6.45, 7) is 0. The number of H-pyrrole nitrogens is 1. The standard InChI is InChI=1S/C10H8N4O/c11-6-9(8-4-2-1-3-5-8)14-7-12-13-10(14)15/h1-5,7,9H,(H,13,15). The Hall–Kier alpha value is -2.35. The van der Waals surface area contributed by atoms with E-state index in [1.165, 1.54) is 10.9 Å². The van der Waals surface area contributed by atoms with E-state index in [-0.39, 0.29) is 5.69 Å². The first-order valence-electron chi connectivity index (χ1n) is 4.39. The molecule has 1 N–H and O–H groups in total. The molecule has 1 heterocycles. The van der Waals surface area contributed by atoms with Gasteiger partial charge in [-0.15, -0.1) is 0 Å². The Morgan fingerprint density at radius 2 is 2.13 bits per heavy atom. The Labute approximate surface area is 85.6 Å². The average molecular weight is 200 g/mol. The van der Waals surface area contributed by atoms with Crippen LogP contribution in [0.3, 0.4) is 0 Å². The van der Waals surface area contributed by atoms with E-state index in [4.69, 9.17) is 5.26 Å². The lowest BCUT2D eigenvalue weighted by Gasteiger charge is -2.08. The molecule has 1 atom stereocenters. The van der Waals surface area contributed by atoms with E-state index in [0.29, 0.717) is 0 Å². The van der Waals surface area contributed by atoms with Crippen molar-refractivity contribution in [2.75, 3.05) is 0 Å². The summed E-state index contributed by atoms with van der Waals surface area (Å²) in [7, 11) is 0. The van der Waals surface area contributed by atoms with Crippen LogP contribution in [0.2, 0.25) is 0 Å². The molecule has 0 amide bonds. The highest BCUT2D eigenvalue weighted by molar-refractivity contribution is 5.24. The van der Waals surface area contributed by atoms with Crippen LogP contribution in [0.4, 0.5) is 0 Å². The van der Waals surface area contributed by atoms with Crippen molar-refractivity contribution in [2.24, 2.45) is 0 Å². The first-order valence-corrected chi connectivity index (χ1v) is 4.39. The molecule has 5 heteroatoms. The molecule has 0 aliphatic heterocycles. The second-order valence-corrected chi connectivity index (χ2v) is 3.01. The molecule has 1 aromatic carbocycles. The molecule has 15 heavy (non-hydrogen) atoms. The van der Waals surface area contributed by atoms with Crippen LogP contribution in [0.15, 0.2) is 41.5 Å². The molecule has 0 saturated heterocycles. The number of aromatic amines is 1. The molecule has 0 saturated carbocycles.